The minimum absolute atomic E-state index is 0.688. The highest BCUT2D eigenvalue weighted by molar-refractivity contribution is 6.02. The third-order valence-electron chi connectivity index (χ3n) is 1.15. The van der Waals surface area contributed by atoms with Gasteiger partial charge in [0.2, 0.25) is 0 Å². The molecule has 0 amide bonds. The van der Waals surface area contributed by atoms with Crippen molar-refractivity contribution in [1.82, 2.24) is 0 Å². The molecule has 68 valence electrons. The summed E-state index contributed by atoms with van der Waals surface area (Å²) in [7, 11) is 0. The van der Waals surface area contributed by atoms with Gasteiger partial charge in [0.25, 0.3) is 0 Å². The lowest BCUT2D eigenvalue weighted by atomic mass is 10.2. The molecule has 0 aromatic rings. The molecule has 0 aliphatic heterocycles. The predicted octanol–water partition coefficient (Wildman–Crippen LogP) is 1.57. The Hall–Kier alpha value is -1.19. The average molecular weight is 168 g/mol. The van der Waals surface area contributed by atoms with Gasteiger partial charge in [0, 0.05) is 23.6 Å². The van der Waals surface area contributed by atoms with E-state index in [1.165, 1.54) is 0 Å². The lowest BCUT2D eigenvalue weighted by Crippen LogP contribution is -2.03. The first-order chi connectivity index (χ1) is 5.56. The molecule has 0 bridgehead atoms. The van der Waals surface area contributed by atoms with Crippen LogP contribution >= 0.6 is 0 Å². The van der Waals surface area contributed by atoms with Crippen LogP contribution in [0.25, 0.3) is 0 Å². The minimum atomic E-state index is 0.688. The van der Waals surface area contributed by atoms with Gasteiger partial charge in [-0.1, -0.05) is 0 Å². The van der Waals surface area contributed by atoms with Crippen LogP contribution in [0.1, 0.15) is 34.1 Å². The first-order valence-electron chi connectivity index (χ1n) is 3.84. The van der Waals surface area contributed by atoms with Gasteiger partial charge in [0.05, 0.1) is 0 Å². The molecule has 0 aromatic heterocycles. The van der Waals surface area contributed by atoms with Crippen LogP contribution in [-0.2, 0) is 0 Å². The molecule has 0 aromatic carbocycles. The fourth-order valence-corrected chi connectivity index (χ4v) is 0.637. The average Bonchev–Trinajstić information content (AvgIpc) is 2.00. The third-order valence-corrected chi connectivity index (χ3v) is 1.15. The molecule has 4 heteroatoms. The van der Waals surface area contributed by atoms with Crippen molar-refractivity contribution < 1.29 is 0 Å². The van der Waals surface area contributed by atoms with Crippen molar-refractivity contribution in [2.24, 2.45) is 21.1 Å². The summed E-state index contributed by atoms with van der Waals surface area (Å²) < 4.78 is 0. The van der Waals surface area contributed by atoms with Gasteiger partial charge in [-0.3, -0.25) is 0 Å². The third kappa shape index (κ3) is 5.58. The largest absolute Gasteiger partial charge is 0.323 e. The molecule has 0 unspecified atom stereocenters. The molecule has 0 saturated carbocycles. The highest BCUT2D eigenvalue weighted by atomic mass is 15.2. The normalized spacial score (nSPS) is 13.0. The lowest BCUT2D eigenvalue weighted by Gasteiger charge is -1.95. The second kappa shape index (κ2) is 5.46. The molecule has 2 N–H and O–H groups in total. The number of hydrogen-bond acceptors (Lipinski definition) is 4. The van der Waals surface area contributed by atoms with Crippen molar-refractivity contribution in [1.29, 1.82) is 0 Å². The Morgan fingerprint density at radius 3 is 2.00 bits per heavy atom. The second-order valence-electron chi connectivity index (χ2n) is 2.92. The zero-order chi connectivity index (χ0) is 9.56. The Bertz CT molecular complexity index is 221. The van der Waals surface area contributed by atoms with Gasteiger partial charge < -0.3 is 5.84 Å². The zero-order valence-electron chi connectivity index (χ0n) is 8.13. The molecule has 4 nitrogen and oxygen atoms in total. The van der Waals surface area contributed by atoms with Crippen molar-refractivity contribution in [3.05, 3.63) is 0 Å². The standard InChI is InChI=1S/C8H16N4/c1-6(2)11-12-8(4)5-7(3)10-9/h5,9H2,1-4H3/b10-7?,12-8-. The van der Waals surface area contributed by atoms with Crippen LogP contribution in [0, 0.1) is 0 Å². The summed E-state index contributed by atoms with van der Waals surface area (Å²) in [5.74, 6) is 5.07. The van der Waals surface area contributed by atoms with E-state index in [4.69, 9.17) is 5.84 Å². The minimum Gasteiger partial charge on any atom is -0.323 e. The van der Waals surface area contributed by atoms with Crippen LogP contribution in [0.3, 0.4) is 0 Å². The summed E-state index contributed by atoms with van der Waals surface area (Å²) in [6, 6.07) is 0. The van der Waals surface area contributed by atoms with Crippen molar-refractivity contribution >= 4 is 17.1 Å². The molecule has 0 saturated heterocycles. The highest BCUT2D eigenvalue weighted by Crippen LogP contribution is 1.91. The van der Waals surface area contributed by atoms with Crippen LogP contribution in [0.15, 0.2) is 15.3 Å². The molecule has 0 rings (SSSR count). The molecule has 0 fully saturated rings. The number of nitrogens with zero attached hydrogens (tertiary/aromatic N) is 3. The molecule has 0 atom stereocenters. The fourth-order valence-electron chi connectivity index (χ4n) is 0.637. The van der Waals surface area contributed by atoms with E-state index in [0.29, 0.717) is 6.42 Å². The summed E-state index contributed by atoms with van der Waals surface area (Å²) >= 11 is 0. The van der Waals surface area contributed by atoms with Crippen molar-refractivity contribution in [3.8, 4) is 0 Å². The van der Waals surface area contributed by atoms with E-state index in [-0.39, 0.29) is 0 Å². The fraction of sp³-hybridized carbons (Fsp3) is 0.625. The van der Waals surface area contributed by atoms with Gasteiger partial charge in [0.15, 0.2) is 0 Å². The Morgan fingerprint density at radius 2 is 1.58 bits per heavy atom. The Balaban J connectivity index is 4.12. The maximum atomic E-state index is 5.07. The van der Waals surface area contributed by atoms with E-state index in [2.05, 4.69) is 15.3 Å². The topological polar surface area (TPSA) is 63.1 Å². The number of hydrazone groups is 1. The summed E-state index contributed by atoms with van der Waals surface area (Å²) in [6.07, 6.45) is 0.688. The van der Waals surface area contributed by atoms with Gasteiger partial charge in [-0.15, -0.1) is 0 Å². The molecule has 0 radical (unpaired) electrons. The van der Waals surface area contributed by atoms with Crippen molar-refractivity contribution in [2.45, 2.75) is 34.1 Å². The molecule has 0 aliphatic carbocycles. The zero-order valence-corrected chi connectivity index (χ0v) is 8.13. The summed E-state index contributed by atoms with van der Waals surface area (Å²) in [6.45, 7) is 7.57. The number of hydrogen-bond donors (Lipinski definition) is 1. The quantitative estimate of drug-likeness (QED) is 0.388. The SMILES string of the molecule is CC(C)=N/N=C(/C)CC(C)=NN. The van der Waals surface area contributed by atoms with E-state index in [1.54, 1.807) is 0 Å². The first-order valence-corrected chi connectivity index (χ1v) is 3.84. The summed E-state index contributed by atoms with van der Waals surface area (Å²) in [4.78, 5) is 0. The molecule has 0 aliphatic rings. The van der Waals surface area contributed by atoms with Gasteiger partial charge in [-0.05, 0) is 27.7 Å². The maximum absolute atomic E-state index is 5.07. The van der Waals surface area contributed by atoms with Crippen molar-refractivity contribution in [3.63, 3.8) is 0 Å². The highest BCUT2D eigenvalue weighted by Gasteiger charge is 1.93. The monoisotopic (exact) mass is 168 g/mol. The van der Waals surface area contributed by atoms with E-state index < -0.39 is 0 Å². The Morgan fingerprint density at radius 1 is 1.00 bits per heavy atom. The lowest BCUT2D eigenvalue weighted by molar-refractivity contribution is 1.17. The molecule has 12 heavy (non-hydrogen) atoms. The van der Waals surface area contributed by atoms with E-state index in [0.717, 1.165) is 17.1 Å². The Labute approximate surface area is 73.3 Å². The van der Waals surface area contributed by atoms with Crippen LogP contribution in [0.2, 0.25) is 0 Å². The van der Waals surface area contributed by atoms with Crippen LogP contribution in [0.4, 0.5) is 0 Å². The van der Waals surface area contributed by atoms with Gasteiger partial charge in [-0.2, -0.15) is 15.3 Å². The van der Waals surface area contributed by atoms with Crippen LogP contribution in [0.5, 0.6) is 0 Å². The smallest absolute Gasteiger partial charge is 0.0431 e. The van der Waals surface area contributed by atoms with E-state index in [9.17, 15) is 0 Å². The predicted molar refractivity (Wildman–Crippen MR) is 53.8 cm³/mol. The van der Waals surface area contributed by atoms with Gasteiger partial charge in [-0.25, -0.2) is 0 Å². The molecular formula is C8H16N4. The van der Waals surface area contributed by atoms with Crippen molar-refractivity contribution in [2.75, 3.05) is 0 Å². The first kappa shape index (κ1) is 10.8. The molecule has 0 heterocycles. The maximum Gasteiger partial charge on any atom is 0.0431 e. The summed E-state index contributed by atoms with van der Waals surface area (Å²) in [5.41, 5.74) is 2.72. The van der Waals surface area contributed by atoms with Gasteiger partial charge >= 0.3 is 0 Å². The number of nitrogens with two attached hydrogens (primary N) is 1. The van der Waals surface area contributed by atoms with E-state index >= 15 is 0 Å². The summed E-state index contributed by atoms with van der Waals surface area (Å²) in [5, 5.41) is 11.4. The van der Waals surface area contributed by atoms with Gasteiger partial charge in [0.1, 0.15) is 0 Å². The molecular weight excluding hydrogens is 152 g/mol. The van der Waals surface area contributed by atoms with E-state index in [1.807, 2.05) is 27.7 Å². The van der Waals surface area contributed by atoms with Crippen LogP contribution < -0.4 is 5.84 Å². The Kier molecular flexibility index (Phi) is 4.92. The van der Waals surface area contributed by atoms with Crippen LogP contribution in [-0.4, -0.2) is 17.1 Å². The number of rotatable bonds is 3. The molecule has 0 spiro atoms. The second-order valence-corrected chi connectivity index (χ2v) is 2.92.